The van der Waals surface area contributed by atoms with Crippen LogP contribution >= 0.6 is 0 Å². The molecule has 0 aliphatic carbocycles. The summed E-state index contributed by atoms with van der Waals surface area (Å²) >= 11 is 0. The van der Waals surface area contributed by atoms with Crippen molar-refractivity contribution >= 4 is 5.97 Å². The van der Waals surface area contributed by atoms with Crippen LogP contribution in [0.1, 0.15) is 38.9 Å². The molecule has 0 saturated heterocycles. The lowest BCUT2D eigenvalue weighted by Gasteiger charge is -2.15. The van der Waals surface area contributed by atoms with Crippen molar-refractivity contribution in [1.82, 2.24) is 14.9 Å². The van der Waals surface area contributed by atoms with Crippen molar-refractivity contribution < 1.29 is 9.90 Å². The fourth-order valence-corrected chi connectivity index (χ4v) is 1.84. The van der Waals surface area contributed by atoms with Crippen molar-refractivity contribution in [1.29, 1.82) is 0 Å². The van der Waals surface area contributed by atoms with Gasteiger partial charge in [0.1, 0.15) is 11.9 Å². The lowest BCUT2D eigenvalue weighted by atomic mass is 10.2. The third kappa shape index (κ3) is 3.85. The summed E-state index contributed by atoms with van der Waals surface area (Å²) in [6.45, 7) is 7.41. The van der Waals surface area contributed by atoms with Crippen molar-refractivity contribution in [3.8, 4) is 0 Å². The van der Waals surface area contributed by atoms with E-state index in [2.05, 4.69) is 24.1 Å². The summed E-state index contributed by atoms with van der Waals surface area (Å²) in [5.74, 6) is 0.566. The topological polar surface area (TPSA) is 67.2 Å². The van der Waals surface area contributed by atoms with Crippen LogP contribution in [0.15, 0.2) is 12.4 Å². The molecule has 2 N–H and O–H groups in total. The normalized spacial score (nSPS) is 12.9. The number of nitrogens with zero attached hydrogens (tertiary/aromatic N) is 2. The summed E-state index contributed by atoms with van der Waals surface area (Å²) in [5.41, 5.74) is 0. The Labute approximate surface area is 102 Å². The van der Waals surface area contributed by atoms with Crippen molar-refractivity contribution in [2.45, 2.75) is 45.7 Å². The smallest absolute Gasteiger partial charge is 0.320 e. The van der Waals surface area contributed by atoms with Gasteiger partial charge in [-0.3, -0.25) is 4.79 Å². The van der Waals surface area contributed by atoms with E-state index in [-0.39, 0.29) is 0 Å². The molecule has 0 radical (unpaired) electrons. The molecule has 0 fully saturated rings. The number of carboxylic acids is 1. The first-order valence-corrected chi connectivity index (χ1v) is 6.03. The molecule has 1 rings (SSSR count). The molecule has 0 bridgehead atoms. The molecular formula is C12H21N3O2. The van der Waals surface area contributed by atoms with Crippen LogP contribution < -0.4 is 5.32 Å². The van der Waals surface area contributed by atoms with Crippen LogP contribution in [0.5, 0.6) is 0 Å². The van der Waals surface area contributed by atoms with Gasteiger partial charge in [-0.2, -0.15) is 0 Å². The molecule has 0 aliphatic heterocycles. The zero-order valence-corrected chi connectivity index (χ0v) is 10.7. The summed E-state index contributed by atoms with van der Waals surface area (Å²) in [5, 5.41) is 12.0. The molecule has 0 spiro atoms. The molecule has 0 amide bonds. The third-order valence-corrected chi connectivity index (χ3v) is 2.67. The summed E-state index contributed by atoms with van der Waals surface area (Å²) in [6.07, 6.45) is 4.23. The fraction of sp³-hybridized carbons (Fsp3) is 0.667. The lowest BCUT2D eigenvalue weighted by molar-refractivity contribution is -0.139. The highest BCUT2D eigenvalue weighted by Gasteiger charge is 2.16. The molecule has 5 heteroatoms. The predicted octanol–water partition coefficient (Wildman–Crippen LogP) is 1.46. The number of aryl methyl sites for hydroxylation is 1. The van der Waals surface area contributed by atoms with Crippen molar-refractivity contribution in [3.63, 3.8) is 0 Å². The maximum atomic E-state index is 11.0. The van der Waals surface area contributed by atoms with Crippen LogP contribution in [0.3, 0.4) is 0 Å². The number of nitrogens with one attached hydrogen (secondary N) is 1. The Morgan fingerprint density at radius 2 is 2.29 bits per heavy atom. The van der Waals surface area contributed by atoms with Crippen LogP contribution in [-0.4, -0.2) is 33.2 Å². The van der Waals surface area contributed by atoms with Gasteiger partial charge in [0.2, 0.25) is 0 Å². The van der Waals surface area contributed by atoms with Gasteiger partial charge in [0.25, 0.3) is 0 Å². The van der Waals surface area contributed by atoms with E-state index in [0.29, 0.717) is 25.4 Å². The number of carbonyl (C=O) groups is 1. The van der Waals surface area contributed by atoms with E-state index in [4.69, 9.17) is 5.11 Å². The number of carboxylic acid groups (broad SMARTS) is 1. The fourth-order valence-electron chi connectivity index (χ4n) is 1.84. The Hall–Kier alpha value is -1.36. The minimum atomic E-state index is -0.793. The number of aromatic nitrogens is 2. The molecule has 1 atom stereocenters. The van der Waals surface area contributed by atoms with Crippen LogP contribution in [0, 0.1) is 0 Å². The molecule has 17 heavy (non-hydrogen) atoms. The minimum Gasteiger partial charge on any atom is -0.480 e. The highest BCUT2D eigenvalue weighted by Crippen LogP contribution is 2.12. The van der Waals surface area contributed by atoms with Crippen molar-refractivity contribution in [3.05, 3.63) is 18.2 Å². The second-order valence-electron chi connectivity index (χ2n) is 4.37. The van der Waals surface area contributed by atoms with E-state index in [9.17, 15) is 4.79 Å². The monoisotopic (exact) mass is 239 g/mol. The first-order valence-electron chi connectivity index (χ1n) is 6.03. The molecule has 5 nitrogen and oxygen atoms in total. The Bertz CT molecular complexity index is 360. The van der Waals surface area contributed by atoms with Crippen LogP contribution in [0.2, 0.25) is 0 Å². The highest BCUT2D eigenvalue weighted by molar-refractivity contribution is 5.73. The number of likely N-dealkylation sites (N-methyl/N-ethyl adjacent to an activating group) is 1. The van der Waals surface area contributed by atoms with E-state index in [1.807, 2.05) is 17.7 Å². The first kappa shape index (κ1) is 13.7. The van der Waals surface area contributed by atoms with Gasteiger partial charge in [0, 0.05) is 24.9 Å². The number of hydrogen-bond acceptors (Lipinski definition) is 3. The molecule has 1 aromatic rings. The van der Waals surface area contributed by atoms with Gasteiger partial charge in [-0.15, -0.1) is 0 Å². The molecule has 96 valence electrons. The Morgan fingerprint density at radius 3 is 2.82 bits per heavy atom. The largest absolute Gasteiger partial charge is 0.480 e. The third-order valence-electron chi connectivity index (χ3n) is 2.67. The van der Waals surface area contributed by atoms with Crippen LogP contribution in [0.4, 0.5) is 0 Å². The van der Waals surface area contributed by atoms with Gasteiger partial charge in [0.05, 0.1) is 0 Å². The summed E-state index contributed by atoms with van der Waals surface area (Å²) < 4.78 is 2.03. The average Bonchev–Trinajstić information content (AvgIpc) is 2.71. The summed E-state index contributed by atoms with van der Waals surface area (Å²) in [6, 6.07) is -0.484. The Balaban J connectivity index is 2.59. The van der Waals surface area contributed by atoms with Gasteiger partial charge >= 0.3 is 5.97 Å². The van der Waals surface area contributed by atoms with E-state index < -0.39 is 12.0 Å². The second-order valence-corrected chi connectivity index (χ2v) is 4.37. The maximum Gasteiger partial charge on any atom is 0.320 e. The van der Waals surface area contributed by atoms with Gasteiger partial charge in [-0.25, -0.2) is 4.98 Å². The van der Waals surface area contributed by atoms with Gasteiger partial charge in [-0.1, -0.05) is 20.8 Å². The van der Waals surface area contributed by atoms with Gasteiger partial charge in [0.15, 0.2) is 0 Å². The Kier molecular flexibility index (Phi) is 5.15. The first-order chi connectivity index (χ1) is 8.06. The van der Waals surface area contributed by atoms with E-state index >= 15 is 0 Å². The molecule has 1 heterocycles. The van der Waals surface area contributed by atoms with Crippen LogP contribution in [0.25, 0.3) is 0 Å². The van der Waals surface area contributed by atoms with E-state index in [1.54, 1.807) is 6.20 Å². The zero-order valence-electron chi connectivity index (χ0n) is 10.7. The number of rotatable bonds is 7. The lowest BCUT2D eigenvalue weighted by Crippen LogP contribution is -2.37. The molecule has 1 aromatic heterocycles. The molecule has 1 unspecified atom stereocenters. The van der Waals surface area contributed by atoms with E-state index in [1.165, 1.54) is 0 Å². The molecule has 0 saturated carbocycles. The standard InChI is InChI=1S/C12H21N3O2/c1-4-13-10(12(16)17)5-7-15-8-6-14-11(15)9(2)3/h6,8-10,13H,4-5,7H2,1-3H3,(H,16,17). The molecular weight excluding hydrogens is 218 g/mol. The summed E-state index contributed by atoms with van der Waals surface area (Å²) in [7, 11) is 0. The van der Waals surface area contributed by atoms with E-state index in [0.717, 1.165) is 5.82 Å². The number of imidazole rings is 1. The second kappa shape index (κ2) is 6.39. The minimum absolute atomic E-state index is 0.354. The van der Waals surface area contributed by atoms with Crippen molar-refractivity contribution in [2.24, 2.45) is 0 Å². The molecule has 0 aliphatic rings. The maximum absolute atomic E-state index is 11.0. The predicted molar refractivity (Wildman–Crippen MR) is 66.0 cm³/mol. The Morgan fingerprint density at radius 1 is 1.59 bits per heavy atom. The SMILES string of the molecule is CCNC(CCn1ccnc1C(C)C)C(=O)O. The number of aliphatic carboxylic acids is 1. The summed E-state index contributed by atoms with van der Waals surface area (Å²) in [4.78, 5) is 15.3. The van der Waals surface area contributed by atoms with Crippen molar-refractivity contribution in [2.75, 3.05) is 6.54 Å². The van der Waals surface area contributed by atoms with Gasteiger partial charge in [-0.05, 0) is 13.0 Å². The van der Waals surface area contributed by atoms with Gasteiger partial charge < -0.3 is 15.0 Å². The van der Waals surface area contributed by atoms with Crippen LogP contribution in [-0.2, 0) is 11.3 Å². The average molecular weight is 239 g/mol. The quantitative estimate of drug-likeness (QED) is 0.756. The number of hydrogen-bond donors (Lipinski definition) is 2. The highest BCUT2D eigenvalue weighted by atomic mass is 16.4. The zero-order chi connectivity index (χ0) is 12.8. The molecule has 0 aromatic carbocycles.